The first-order valence-electron chi connectivity index (χ1n) is 7.57. The van der Waals surface area contributed by atoms with Crippen LogP contribution in [0.3, 0.4) is 0 Å². The molecule has 0 unspecified atom stereocenters. The topological polar surface area (TPSA) is 140 Å². The molecule has 1 heterocycles. The quantitative estimate of drug-likeness (QED) is 0.533. The smallest absolute Gasteiger partial charge is 0.279 e. The average Bonchev–Trinajstić information content (AvgIpc) is 2.64. The van der Waals surface area contributed by atoms with Gasteiger partial charge in [-0.05, 0) is 36.4 Å². The number of rotatable bonds is 4. The van der Waals surface area contributed by atoms with E-state index >= 15 is 0 Å². The molecule has 0 aliphatic carbocycles. The first-order chi connectivity index (χ1) is 12.6. The van der Waals surface area contributed by atoms with Crippen LogP contribution in [0.15, 0.2) is 69.6 Å². The fourth-order valence-corrected chi connectivity index (χ4v) is 2.24. The zero-order valence-electron chi connectivity index (χ0n) is 13.5. The zero-order valence-corrected chi connectivity index (χ0v) is 13.5. The van der Waals surface area contributed by atoms with Crippen LogP contribution in [0.1, 0.15) is 5.56 Å². The number of para-hydroxylation sites is 1. The molecule has 26 heavy (non-hydrogen) atoms. The van der Waals surface area contributed by atoms with Gasteiger partial charge in [0.1, 0.15) is 23.2 Å². The molecule has 2 aromatic carbocycles. The zero-order chi connectivity index (χ0) is 18.5. The largest absolute Gasteiger partial charge is 0.508 e. The van der Waals surface area contributed by atoms with Crippen LogP contribution < -0.4 is 16.6 Å². The number of aromatic hydroxyl groups is 1. The van der Waals surface area contributed by atoms with E-state index in [-0.39, 0.29) is 28.5 Å². The fraction of sp³-hybridized carbons (Fsp3) is 0. The summed E-state index contributed by atoms with van der Waals surface area (Å²) in [6.45, 7) is 0. The lowest BCUT2D eigenvalue weighted by atomic mass is 10.2. The number of nitrogen functional groups attached to an aromatic ring is 1. The first kappa shape index (κ1) is 16.7. The Morgan fingerprint density at radius 3 is 2.42 bits per heavy atom. The number of benzene rings is 2. The second-order valence-electron chi connectivity index (χ2n) is 5.29. The third-order valence-electron chi connectivity index (χ3n) is 3.49. The van der Waals surface area contributed by atoms with Gasteiger partial charge in [0, 0.05) is 5.69 Å². The number of aromatic amines is 1. The third kappa shape index (κ3) is 3.52. The maximum absolute atomic E-state index is 12.3. The van der Waals surface area contributed by atoms with E-state index in [0.29, 0.717) is 11.4 Å². The lowest BCUT2D eigenvalue weighted by Crippen LogP contribution is -2.13. The van der Waals surface area contributed by atoms with Gasteiger partial charge in [-0.15, -0.1) is 5.11 Å². The van der Waals surface area contributed by atoms with Crippen molar-refractivity contribution in [2.24, 2.45) is 10.2 Å². The molecular formula is C18H14N6O2. The van der Waals surface area contributed by atoms with E-state index in [9.17, 15) is 15.2 Å². The number of phenols is 1. The lowest BCUT2D eigenvalue weighted by Gasteiger charge is -2.11. The number of hydrogen-bond acceptors (Lipinski definition) is 7. The van der Waals surface area contributed by atoms with Gasteiger partial charge in [0.25, 0.3) is 5.56 Å². The predicted octanol–water partition coefficient (Wildman–Crippen LogP) is 3.69. The summed E-state index contributed by atoms with van der Waals surface area (Å²) in [5.74, 6) is 0.0343. The summed E-state index contributed by atoms with van der Waals surface area (Å²) in [4.78, 5) is 14.7. The molecule has 0 spiro atoms. The minimum atomic E-state index is -0.581. The summed E-state index contributed by atoms with van der Waals surface area (Å²) < 4.78 is 0. The van der Waals surface area contributed by atoms with Crippen molar-refractivity contribution < 1.29 is 5.11 Å². The van der Waals surface area contributed by atoms with E-state index in [1.165, 1.54) is 12.1 Å². The molecule has 0 radical (unpaired) electrons. The standard InChI is InChI=1S/C18H14N6O2/c19-10-14-15(21-11-4-2-1-3-5-11)16(18(26)22-17(14)20)24-23-12-6-8-13(25)9-7-12/h1-9,25H,(H4,20,21,22,26). The lowest BCUT2D eigenvalue weighted by molar-refractivity contribution is 0.475. The molecule has 0 fully saturated rings. The van der Waals surface area contributed by atoms with E-state index in [2.05, 4.69) is 20.5 Å². The number of anilines is 3. The summed E-state index contributed by atoms with van der Waals surface area (Å²) in [5, 5.41) is 29.7. The Hall–Kier alpha value is -4.12. The van der Waals surface area contributed by atoms with Crippen molar-refractivity contribution in [3.05, 3.63) is 70.5 Å². The summed E-state index contributed by atoms with van der Waals surface area (Å²) >= 11 is 0. The summed E-state index contributed by atoms with van der Waals surface area (Å²) in [5.41, 5.74) is 6.43. The molecule has 8 nitrogen and oxygen atoms in total. The van der Waals surface area contributed by atoms with Gasteiger partial charge >= 0.3 is 0 Å². The van der Waals surface area contributed by atoms with Crippen LogP contribution >= 0.6 is 0 Å². The van der Waals surface area contributed by atoms with Crippen LogP contribution in [0.25, 0.3) is 0 Å². The van der Waals surface area contributed by atoms with Gasteiger partial charge in [-0.2, -0.15) is 10.4 Å². The van der Waals surface area contributed by atoms with Gasteiger partial charge in [-0.3, -0.25) is 4.79 Å². The maximum atomic E-state index is 12.3. The average molecular weight is 346 g/mol. The monoisotopic (exact) mass is 346 g/mol. The van der Waals surface area contributed by atoms with Crippen molar-refractivity contribution in [3.63, 3.8) is 0 Å². The summed E-state index contributed by atoms with van der Waals surface area (Å²) in [6, 6.07) is 17.0. The van der Waals surface area contributed by atoms with Gasteiger partial charge < -0.3 is 21.1 Å². The number of nitriles is 1. The van der Waals surface area contributed by atoms with Gasteiger partial charge in [0.05, 0.1) is 11.4 Å². The molecule has 0 aliphatic heterocycles. The molecule has 0 amide bonds. The third-order valence-corrected chi connectivity index (χ3v) is 3.49. The van der Waals surface area contributed by atoms with Crippen molar-refractivity contribution >= 4 is 28.6 Å². The maximum Gasteiger partial charge on any atom is 0.279 e. The molecule has 0 saturated heterocycles. The predicted molar refractivity (Wildman–Crippen MR) is 98.2 cm³/mol. The Bertz CT molecular complexity index is 1050. The van der Waals surface area contributed by atoms with Crippen molar-refractivity contribution in [2.45, 2.75) is 0 Å². The Balaban J connectivity index is 2.10. The highest BCUT2D eigenvalue weighted by Gasteiger charge is 2.17. The van der Waals surface area contributed by atoms with E-state index in [1.807, 2.05) is 24.3 Å². The Labute approximate surface area is 148 Å². The molecule has 5 N–H and O–H groups in total. The number of pyridine rings is 1. The van der Waals surface area contributed by atoms with Gasteiger partial charge in [-0.1, -0.05) is 18.2 Å². The number of H-pyrrole nitrogens is 1. The van der Waals surface area contributed by atoms with E-state index in [4.69, 9.17) is 5.73 Å². The Morgan fingerprint density at radius 1 is 1.08 bits per heavy atom. The number of hydrogen-bond donors (Lipinski definition) is 4. The summed E-state index contributed by atoms with van der Waals surface area (Å²) in [6.07, 6.45) is 0. The number of nitrogens with two attached hydrogens (primary N) is 1. The van der Waals surface area contributed by atoms with Crippen LogP contribution in [0.2, 0.25) is 0 Å². The van der Waals surface area contributed by atoms with Crippen molar-refractivity contribution in [3.8, 4) is 11.8 Å². The van der Waals surface area contributed by atoms with Crippen molar-refractivity contribution in [1.29, 1.82) is 5.26 Å². The minimum absolute atomic E-state index is 0.0560. The van der Waals surface area contributed by atoms with Gasteiger partial charge in [0.15, 0.2) is 5.69 Å². The second-order valence-corrected chi connectivity index (χ2v) is 5.29. The van der Waals surface area contributed by atoms with Crippen LogP contribution in [-0.2, 0) is 0 Å². The summed E-state index contributed by atoms with van der Waals surface area (Å²) in [7, 11) is 0. The number of aromatic nitrogens is 1. The molecule has 8 heteroatoms. The van der Waals surface area contributed by atoms with Crippen molar-refractivity contribution in [2.75, 3.05) is 11.1 Å². The minimum Gasteiger partial charge on any atom is -0.508 e. The number of azo groups is 1. The SMILES string of the molecule is N#Cc1c(N)[nH]c(=O)c(N=Nc2ccc(O)cc2)c1Nc1ccccc1. The van der Waals surface area contributed by atoms with Crippen LogP contribution in [0.4, 0.5) is 28.6 Å². The fourth-order valence-electron chi connectivity index (χ4n) is 2.24. The molecule has 0 bridgehead atoms. The second kappa shape index (κ2) is 7.19. The molecule has 128 valence electrons. The van der Waals surface area contributed by atoms with Gasteiger partial charge in [0.2, 0.25) is 0 Å². The molecule has 1 aromatic heterocycles. The Kier molecular flexibility index (Phi) is 4.63. The molecule has 3 rings (SSSR count). The highest BCUT2D eigenvalue weighted by molar-refractivity contribution is 5.81. The van der Waals surface area contributed by atoms with E-state index in [1.54, 1.807) is 24.3 Å². The molecular weight excluding hydrogens is 332 g/mol. The number of phenolic OH excluding ortho intramolecular Hbond substituents is 1. The molecule has 0 saturated carbocycles. The normalized spacial score (nSPS) is 10.6. The molecule has 0 atom stereocenters. The highest BCUT2D eigenvalue weighted by atomic mass is 16.3. The van der Waals surface area contributed by atoms with E-state index in [0.717, 1.165) is 0 Å². The molecule has 3 aromatic rings. The van der Waals surface area contributed by atoms with Crippen LogP contribution in [0, 0.1) is 11.3 Å². The van der Waals surface area contributed by atoms with Crippen LogP contribution in [-0.4, -0.2) is 10.1 Å². The van der Waals surface area contributed by atoms with Crippen LogP contribution in [0.5, 0.6) is 5.75 Å². The number of nitrogens with zero attached hydrogens (tertiary/aromatic N) is 3. The van der Waals surface area contributed by atoms with E-state index < -0.39 is 5.56 Å². The Morgan fingerprint density at radius 2 is 1.77 bits per heavy atom. The van der Waals surface area contributed by atoms with Crippen molar-refractivity contribution in [1.82, 2.24) is 4.98 Å². The highest BCUT2D eigenvalue weighted by Crippen LogP contribution is 2.32. The number of nitrogens with one attached hydrogen (secondary N) is 2. The molecule has 0 aliphatic rings. The van der Waals surface area contributed by atoms with Gasteiger partial charge in [-0.25, -0.2) is 0 Å². The first-order valence-corrected chi connectivity index (χ1v) is 7.57.